The van der Waals surface area contributed by atoms with Crippen LogP contribution in [0.15, 0.2) is 66.9 Å². The summed E-state index contributed by atoms with van der Waals surface area (Å²) in [6.07, 6.45) is 2.01. The lowest BCUT2D eigenvalue weighted by atomic mass is 10.0. The van der Waals surface area contributed by atoms with Crippen LogP contribution in [-0.4, -0.2) is 42.4 Å². The summed E-state index contributed by atoms with van der Waals surface area (Å²) in [6.45, 7) is 6.16. The Labute approximate surface area is 217 Å². The highest BCUT2D eigenvalue weighted by Gasteiger charge is 2.18. The van der Waals surface area contributed by atoms with E-state index >= 15 is 0 Å². The first kappa shape index (κ1) is 25.8. The molecule has 192 valence electrons. The van der Waals surface area contributed by atoms with Crippen molar-refractivity contribution in [3.05, 3.63) is 72.4 Å². The number of hydrogen-bond acceptors (Lipinski definition) is 7. The topological polar surface area (TPSA) is 94.6 Å². The van der Waals surface area contributed by atoms with E-state index in [9.17, 15) is 4.79 Å². The predicted molar refractivity (Wildman–Crippen MR) is 147 cm³/mol. The Hall–Kier alpha value is -4.33. The van der Waals surface area contributed by atoms with Crippen molar-refractivity contribution < 1.29 is 19.0 Å². The van der Waals surface area contributed by atoms with Crippen LogP contribution in [0.5, 0.6) is 11.5 Å². The van der Waals surface area contributed by atoms with Gasteiger partial charge in [-0.15, -0.1) is 0 Å². The zero-order valence-electron chi connectivity index (χ0n) is 21.8. The molecule has 8 heteroatoms. The summed E-state index contributed by atoms with van der Waals surface area (Å²) in [5.74, 6) is 2.06. The number of methoxy groups -OCH3 is 2. The molecule has 0 spiro atoms. The number of ether oxygens (including phenoxy) is 3. The van der Waals surface area contributed by atoms with E-state index in [0.29, 0.717) is 23.9 Å². The first-order valence-corrected chi connectivity index (χ1v) is 12.1. The number of amides is 1. The Bertz CT molecular complexity index is 1380. The molecule has 0 aliphatic rings. The van der Waals surface area contributed by atoms with Crippen LogP contribution in [0.2, 0.25) is 0 Å². The Morgan fingerprint density at radius 3 is 2.35 bits per heavy atom. The van der Waals surface area contributed by atoms with E-state index < -0.39 is 11.7 Å². The Morgan fingerprint density at radius 1 is 0.919 bits per heavy atom. The molecule has 0 fully saturated rings. The third kappa shape index (κ3) is 6.88. The normalized spacial score (nSPS) is 11.2. The van der Waals surface area contributed by atoms with Gasteiger partial charge in [-0.2, -0.15) is 0 Å². The maximum Gasteiger partial charge on any atom is 0.412 e. The monoisotopic (exact) mass is 500 g/mol. The summed E-state index contributed by atoms with van der Waals surface area (Å²) >= 11 is 0. The Kier molecular flexibility index (Phi) is 7.77. The molecule has 8 nitrogen and oxygen atoms in total. The molecule has 4 aromatic rings. The van der Waals surface area contributed by atoms with Gasteiger partial charge in [0.2, 0.25) is 5.95 Å². The Morgan fingerprint density at radius 2 is 1.65 bits per heavy atom. The SMILES string of the molecule is COc1ccc(CCNc2nccc(-c3cc(NC(=O)OC(C)(C)C)c4cc(OC)ccc4c3)n2)cc1. The van der Waals surface area contributed by atoms with Gasteiger partial charge < -0.3 is 19.5 Å². The van der Waals surface area contributed by atoms with Crippen molar-refractivity contribution in [3.8, 4) is 22.8 Å². The molecule has 37 heavy (non-hydrogen) atoms. The molecule has 0 aliphatic heterocycles. The molecule has 0 radical (unpaired) electrons. The van der Waals surface area contributed by atoms with Crippen LogP contribution in [0, 0.1) is 0 Å². The summed E-state index contributed by atoms with van der Waals surface area (Å²) in [5, 5.41) is 7.95. The molecule has 1 heterocycles. The molecular formula is C29H32N4O4. The molecule has 0 unspecified atom stereocenters. The van der Waals surface area contributed by atoms with Crippen LogP contribution >= 0.6 is 0 Å². The minimum atomic E-state index is -0.617. The fraction of sp³-hybridized carbons (Fsp3) is 0.276. The van der Waals surface area contributed by atoms with Gasteiger partial charge >= 0.3 is 6.09 Å². The molecule has 0 atom stereocenters. The highest BCUT2D eigenvalue weighted by molar-refractivity contribution is 6.03. The van der Waals surface area contributed by atoms with Crippen LogP contribution in [0.4, 0.5) is 16.4 Å². The first-order chi connectivity index (χ1) is 17.7. The summed E-state index contributed by atoms with van der Waals surface area (Å²) in [4.78, 5) is 21.7. The number of fused-ring (bicyclic) bond motifs is 1. The third-order valence-electron chi connectivity index (χ3n) is 5.60. The van der Waals surface area contributed by atoms with Gasteiger partial charge in [-0.3, -0.25) is 5.32 Å². The van der Waals surface area contributed by atoms with Crippen molar-refractivity contribution in [1.29, 1.82) is 0 Å². The van der Waals surface area contributed by atoms with Gasteiger partial charge in [-0.05, 0) is 80.6 Å². The summed E-state index contributed by atoms with van der Waals surface area (Å²) in [7, 11) is 3.27. The molecule has 2 N–H and O–H groups in total. The maximum atomic E-state index is 12.6. The molecule has 0 saturated carbocycles. The van der Waals surface area contributed by atoms with Crippen LogP contribution in [0.25, 0.3) is 22.0 Å². The molecule has 0 bridgehead atoms. The second-order valence-corrected chi connectivity index (χ2v) is 9.53. The number of carbonyl (C=O) groups excluding carboxylic acids is 1. The van der Waals surface area contributed by atoms with E-state index in [1.165, 1.54) is 5.56 Å². The van der Waals surface area contributed by atoms with Gasteiger partial charge in [0.1, 0.15) is 17.1 Å². The molecular weight excluding hydrogens is 468 g/mol. The van der Waals surface area contributed by atoms with E-state index in [2.05, 4.69) is 15.6 Å². The zero-order chi connectivity index (χ0) is 26.4. The van der Waals surface area contributed by atoms with Crippen LogP contribution in [0.3, 0.4) is 0 Å². The Balaban J connectivity index is 1.57. The van der Waals surface area contributed by atoms with Gasteiger partial charge in [-0.25, -0.2) is 14.8 Å². The van der Waals surface area contributed by atoms with Crippen LogP contribution in [-0.2, 0) is 11.2 Å². The van der Waals surface area contributed by atoms with E-state index in [1.807, 2.05) is 81.4 Å². The minimum absolute atomic E-state index is 0.530. The number of nitrogens with zero attached hydrogens (tertiary/aromatic N) is 2. The number of hydrogen-bond donors (Lipinski definition) is 2. The van der Waals surface area contributed by atoms with Gasteiger partial charge in [0.05, 0.1) is 25.6 Å². The van der Waals surface area contributed by atoms with Crippen molar-refractivity contribution in [3.63, 3.8) is 0 Å². The lowest BCUT2D eigenvalue weighted by molar-refractivity contribution is 0.0636. The van der Waals surface area contributed by atoms with E-state index in [4.69, 9.17) is 19.2 Å². The van der Waals surface area contributed by atoms with E-state index in [-0.39, 0.29) is 0 Å². The van der Waals surface area contributed by atoms with Gasteiger partial charge in [-0.1, -0.05) is 18.2 Å². The van der Waals surface area contributed by atoms with Crippen molar-refractivity contribution in [2.24, 2.45) is 0 Å². The largest absolute Gasteiger partial charge is 0.497 e. The van der Waals surface area contributed by atoms with Crippen molar-refractivity contribution in [1.82, 2.24) is 9.97 Å². The number of carbonyl (C=O) groups is 1. The number of benzene rings is 3. The second kappa shape index (κ2) is 11.2. The summed E-state index contributed by atoms with van der Waals surface area (Å²) in [6, 6.07) is 19.5. The average molecular weight is 501 g/mol. The second-order valence-electron chi connectivity index (χ2n) is 9.53. The number of rotatable bonds is 8. The van der Waals surface area contributed by atoms with Gasteiger partial charge in [0, 0.05) is 23.7 Å². The minimum Gasteiger partial charge on any atom is -0.497 e. The van der Waals surface area contributed by atoms with Crippen molar-refractivity contribution >= 4 is 28.5 Å². The van der Waals surface area contributed by atoms with Crippen molar-refractivity contribution in [2.45, 2.75) is 32.8 Å². The third-order valence-corrected chi connectivity index (χ3v) is 5.60. The zero-order valence-corrected chi connectivity index (χ0v) is 21.8. The van der Waals surface area contributed by atoms with E-state index in [0.717, 1.165) is 34.2 Å². The highest BCUT2D eigenvalue weighted by atomic mass is 16.6. The average Bonchev–Trinajstić information content (AvgIpc) is 2.88. The van der Waals surface area contributed by atoms with Crippen LogP contribution in [0.1, 0.15) is 26.3 Å². The number of nitrogens with one attached hydrogen (secondary N) is 2. The van der Waals surface area contributed by atoms with Crippen LogP contribution < -0.4 is 20.1 Å². The predicted octanol–water partition coefficient (Wildman–Crippen LogP) is 6.32. The highest BCUT2D eigenvalue weighted by Crippen LogP contribution is 2.33. The first-order valence-electron chi connectivity index (χ1n) is 12.1. The fourth-order valence-corrected chi connectivity index (χ4v) is 3.84. The lowest BCUT2D eigenvalue weighted by Gasteiger charge is -2.20. The van der Waals surface area contributed by atoms with Gasteiger partial charge in [0.25, 0.3) is 0 Å². The van der Waals surface area contributed by atoms with Gasteiger partial charge in [0.15, 0.2) is 0 Å². The smallest absolute Gasteiger partial charge is 0.412 e. The molecule has 4 rings (SSSR count). The van der Waals surface area contributed by atoms with Crippen molar-refractivity contribution in [2.75, 3.05) is 31.4 Å². The number of aromatic nitrogens is 2. The molecule has 1 amide bonds. The quantitative estimate of drug-likeness (QED) is 0.292. The standard InChI is InChI=1S/C29H32N4O4/c1-29(2,3)37-28(34)33-26-17-21(16-20-8-11-23(36-5)18-24(20)26)25-13-15-31-27(32-25)30-14-12-19-6-9-22(35-4)10-7-19/h6-11,13,15-18H,12,14H2,1-5H3,(H,33,34)(H,30,31,32). The molecule has 0 aliphatic carbocycles. The molecule has 1 aromatic heterocycles. The maximum absolute atomic E-state index is 12.6. The summed E-state index contributed by atoms with van der Waals surface area (Å²) in [5.41, 5.74) is 2.74. The van der Waals surface area contributed by atoms with E-state index in [1.54, 1.807) is 20.4 Å². The number of anilines is 2. The summed E-state index contributed by atoms with van der Waals surface area (Å²) < 4.78 is 16.1. The molecule has 3 aromatic carbocycles. The fourth-order valence-electron chi connectivity index (χ4n) is 3.84. The lowest BCUT2D eigenvalue weighted by Crippen LogP contribution is -2.27. The molecule has 0 saturated heterocycles.